The molecule has 0 spiro atoms. The second-order valence-corrected chi connectivity index (χ2v) is 3.41. The lowest BCUT2D eigenvalue weighted by Crippen LogP contribution is -2.27. The predicted octanol–water partition coefficient (Wildman–Crippen LogP) is 0.995. The van der Waals surface area contributed by atoms with Crippen LogP contribution in [0.2, 0.25) is 0 Å². The molecule has 0 aliphatic rings. The molecule has 1 amide bonds. The lowest BCUT2D eigenvalue weighted by Gasteiger charge is -2.09. The third kappa shape index (κ3) is 2.60. The number of nitrogens with one attached hydrogen (secondary N) is 2. The van der Waals surface area contributed by atoms with Crippen LogP contribution in [-0.4, -0.2) is 35.2 Å². The molecule has 1 unspecified atom stereocenters. The van der Waals surface area contributed by atoms with Gasteiger partial charge in [0.05, 0.1) is 5.69 Å². The van der Waals surface area contributed by atoms with Crippen molar-refractivity contribution in [1.29, 1.82) is 0 Å². The molecule has 16 heavy (non-hydrogen) atoms. The van der Waals surface area contributed by atoms with E-state index in [1.165, 1.54) is 7.11 Å². The molecule has 88 valence electrons. The molecular weight excluding hydrogens is 212 g/mol. The first-order valence-electron chi connectivity index (χ1n) is 4.72. The van der Waals surface area contributed by atoms with Crippen LogP contribution in [0, 0.1) is 6.92 Å². The molecular formula is C10H14N2O4. The number of methoxy groups -OCH3 is 1. The van der Waals surface area contributed by atoms with E-state index < -0.39 is 12.1 Å². The fourth-order valence-corrected chi connectivity index (χ4v) is 1.20. The van der Waals surface area contributed by atoms with Gasteiger partial charge in [0, 0.05) is 12.8 Å². The van der Waals surface area contributed by atoms with Gasteiger partial charge in [0.2, 0.25) is 0 Å². The number of aromatic carboxylic acids is 1. The zero-order valence-corrected chi connectivity index (χ0v) is 9.33. The maximum absolute atomic E-state index is 11.5. The maximum atomic E-state index is 11.5. The number of ether oxygens (including phenoxy) is 1. The summed E-state index contributed by atoms with van der Waals surface area (Å²) in [4.78, 5) is 25.0. The average Bonchev–Trinajstić information content (AvgIpc) is 2.58. The smallest absolute Gasteiger partial charge is 0.354 e. The summed E-state index contributed by atoms with van der Waals surface area (Å²) in [5.74, 6) is -1.50. The summed E-state index contributed by atoms with van der Waals surface area (Å²) < 4.78 is 4.82. The third-order valence-corrected chi connectivity index (χ3v) is 2.15. The van der Waals surface area contributed by atoms with Crippen molar-refractivity contribution in [2.75, 3.05) is 12.4 Å². The maximum Gasteiger partial charge on any atom is 0.354 e. The van der Waals surface area contributed by atoms with E-state index in [0.717, 1.165) is 0 Å². The van der Waals surface area contributed by atoms with Crippen LogP contribution in [0.1, 0.15) is 23.1 Å². The molecule has 0 aliphatic carbocycles. The molecule has 0 aliphatic heterocycles. The van der Waals surface area contributed by atoms with Crippen molar-refractivity contribution in [2.24, 2.45) is 0 Å². The molecule has 0 radical (unpaired) electrons. The van der Waals surface area contributed by atoms with Crippen LogP contribution in [0.15, 0.2) is 6.07 Å². The summed E-state index contributed by atoms with van der Waals surface area (Å²) in [6.07, 6.45) is -0.628. The van der Waals surface area contributed by atoms with E-state index in [1.807, 2.05) is 0 Å². The average molecular weight is 226 g/mol. The lowest BCUT2D eigenvalue weighted by atomic mass is 10.3. The molecule has 3 N–H and O–H groups in total. The normalized spacial score (nSPS) is 12.2. The Kier molecular flexibility index (Phi) is 3.68. The van der Waals surface area contributed by atoms with Crippen LogP contribution in [-0.2, 0) is 9.53 Å². The number of aromatic amines is 1. The summed E-state index contributed by atoms with van der Waals surface area (Å²) >= 11 is 0. The predicted molar refractivity (Wildman–Crippen MR) is 57.6 cm³/mol. The molecule has 0 aromatic carbocycles. The van der Waals surface area contributed by atoms with Crippen molar-refractivity contribution in [3.8, 4) is 0 Å². The van der Waals surface area contributed by atoms with Gasteiger partial charge in [-0.2, -0.15) is 0 Å². The van der Waals surface area contributed by atoms with E-state index in [1.54, 1.807) is 19.9 Å². The van der Waals surface area contributed by atoms with Gasteiger partial charge in [0.1, 0.15) is 11.8 Å². The SMILES string of the molecule is COC(C)C(=O)Nc1cc(C)[nH]c1C(=O)O. The second-order valence-electron chi connectivity index (χ2n) is 3.41. The van der Waals surface area contributed by atoms with E-state index in [4.69, 9.17) is 9.84 Å². The first-order chi connectivity index (χ1) is 7.45. The van der Waals surface area contributed by atoms with E-state index in [-0.39, 0.29) is 17.3 Å². The highest BCUT2D eigenvalue weighted by molar-refractivity contribution is 6.01. The molecule has 1 atom stereocenters. The highest BCUT2D eigenvalue weighted by Gasteiger charge is 2.18. The molecule has 0 saturated carbocycles. The standard InChI is InChI=1S/C10H14N2O4/c1-5-4-7(8(11-5)10(14)15)12-9(13)6(2)16-3/h4,6,11H,1-3H3,(H,12,13)(H,14,15). The first-order valence-corrected chi connectivity index (χ1v) is 4.72. The molecule has 0 saturated heterocycles. The number of carbonyl (C=O) groups excluding carboxylic acids is 1. The number of amides is 1. The van der Waals surface area contributed by atoms with Gasteiger partial charge >= 0.3 is 5.97 Å². The van der Waals surface area contributed by atoms with Crippen molar-refractivity contribution in [3.05, 3.63) is 17.5 Å². The monoisotopic (exact) mass is 226 g/mol. The summed E-state index contributed by atoms with van der Waals surface area (Å²) in [6.45, 7) is 3.29. The van der Waals surface area contributed by atoms with Gasteiger partial charge < -0.3 is 20.1 Å². The second kappa shape index (κ2) is 4.80. The van der Waals surface area contributed by atoms with Gasteiger partial charge in [-0.1, -0.05) is 0 Å². The minimum atomic E-state index is -1.12. The number of hydrogen-bond acceptors (Lipinski definition) is 3. The van der Waals surface area contributed by atoms with Crippen LogP contribution in [0.4, 0.5) is 5.69 Å². The Morgan fingerprint density at radius 1 is 1.56 bits per heavy atom. The van der Waals surface area contributed by atoms with Crippen molar-refractivity contribution >= 4 is 17.6 Å². The Bertz CT molecular complexity index is 411. The van der Waals surface area contributed by atoms with E-state index >= 15 is 0 Å². The van der Waals surface area contributed by atoms with E-state index in [2.05, 4.69) is 10.3 Å². The number of carboxylic acid groups (broad SMARTS) is 1. The van der Waals surface area contributed by atoms with Crippen LogP contribution < -0.4 is 5.32 Å². The number of H-pyrrole nitrogens is 1. The zero-order chi connectivity index (χ0) is 12.3. The summed E-state index contributed by atoms with van der Waals surface area (Å²) in [6, 6.07) is 1.56. The van der Waals surface area contributed by atoms with E-state index in [0.29, 0.717) is 5.69 Å². The van der Waals surface area contributed by atoms with Crippen LogP contribution in [0.25, 0.3) is 0 Å². The van der Waals surface area contributed by atoms with Gasteiger partial charge in [0.15, 0.2) is 0 Å². The molecule has 0 fully saturated rings. The topological polar surface area (TPSA) is 91.4 Å². The van der Waals surface area contributed by atoms with Crippen molar-refractivity contribution < 1.29 is 19.4 Å². The van der Waals surface area contributed by atoms with Crippen LogP contribution in [0.3, 0.4) is 0 Å². The van der Waals surface area contributed by atoms with Gasteiger partial charge in [-0.05, 0) is 19.9 Å². The number of carbonyl (C=O) groups is 2. The Hall–Kier alpha value is -1.82. The molecule has 1 rings (SSSR count). The summed E-state index contributed by atoms with van der Waals surface area (Å²) in [7, 11) is 1.41. The van der Waals surface area contributed by atoms with Gasteiger partial charge in [-0.25, -0.2) is 4.79 Å². The Balaban J connectivity index is 2.88. The van der Waals surface area contributed by atoms with Gasteiger partial charge in [-0.3, -0.25) is 4.79 Å². The van der Waals surface area contributed by atoms with Crippen molar-refractivity contribution in [3.63, 3.8) is 0 Å². The van der Waals surface area contributed by atoms with Crippen molar-refractivity contribution in [2.45, 2.75) is 20.0 Å². The number of aromatic nitrogens is 1. The van der Waals surface area contributed by atoms with Crippen LogP contribution in [0.5, 0.6) is 0 Å². The Morgan fingerprint density at radius 2 is 2.19 bits per heavy atom. The molecule has 1 heterocycles. The minimum Gasteiger partial charge on any atom is -0.477 e. The molecule has 6 nitrogen and oxygen atoms in total. The quantitative estimate of drug-likeness (QED) is 0.714. The Morgan fingerprint density at radius 3 is 2.69 bits per heavy atom. The van der Waals surface area contributed by atoms with E-state index in [9.17, 15) is 9.59 Å². The molecule has 1 aromatic rings. The third-order valence-electron chi connectivity index (χ3n) is 2.15. The van der Waals surface area contributed by atoms with Gasteiger partial charge in [0.25, 0.3) is 5.91 Å². The van der Waals surface area contributed by atoms with Crippen LogP contribution >= 0.6 is 0 Å². The van der Waals surface area contributed by atoms with Crippen molar-refractivity contribution in [1.82, 2.24) is 4.98 Å². The minimum absolute atomic E-state index is 0.0332. The number of aryl methyl sites for hydroxylation is 1. The highest BCUT2D eigenvalue weighted by atomic mass is 16.5. The van der Waals surface area contributed by atoms with Gasteiger partial charge in [-0.15, -0.1) is 0 Å². The summed E-state index contributed by atoms with van der Waals surface area (Å²) in [5, 5.41) is 11.4. The number of carboxylic acids is 1. The number of anilines is 1. The number of hydrogen-bond donors (Lipinski definition) is 3. The fourth-order valence-electron chi connectivity index (χ4n) is 1.20. The molecule has 0 bridgehead atoms. The summed E-state index contributed by atoms with van der Waals surface area (Å²) in [5.41, 5.74) is 0.880. The molecule has 6 heteroatoms. The number of rotatable bonds is 4. The molecule has 1 aromatic heterocycles. The lowest BCUT2D eigenvalue weighted by molar-refractivity contribution is -0.124. The highest BCUT2D eigenvalue weighted by Crippen LogP contribution is 2.17. The first kappa shape index (κ1) is 12.3. The zero-order valence-electron chi connectivity index (χ0n) is 9.33. The fraction of sp³-hybridized carbons (Fsp3) is 0.400. The largest absolute Gasteiger partial charge is 0.477 e. The Labute approximate surface area is 92.6 Å².